The lowest BCUT2D eigenvalue weighted by Gasteiger charge is -2.14. The van der Waals surface area contributed by atoms with Crippen LogP contribution >= 0.6 is 22.9 Å². The van der Waals surface area contributed by atoms with Crippen LogP contribution in [0.5, 0.6) is 0 Å². The molecule has 122 valence electrons. The second-order valence-electron chi connectivity index (χ2n) is 5.14. The van der Waals surface area contributed by atoms with Gasteiger partial charge in [0.15, 0.2) is 6.04 Å². The Morgan fingerprint density at radius 3 is 2.61 bits per heavy atom. The fourth-order valence-electron chi connectivity index (χ4n) is 1.84. The van der Waals surface area contributed by atoms with E-state index in [1.165, 1.54) is 23.5 Å². The van der Waals surface area contributed by atoms with Crippen molar-refractivity contribution in [2.75, 3.05) is 0 Å². The van der Waals surface area contributed by atoms with E-state index in [1.807, 2.05) is 13.8 Å². The van der Waals surface area contributed by atoms with Crippen molar-refractivity contribution in [3.63, 3.8) is 0 Å². The highest BCUT2D eigenvalue weighted by Gasteiger charge is 2.25. The molecule has 1 aromatic heterocycles. The molecule has 2 rings (SSSR count). The van der Waals surface area contributed by atoms with Gasteiger partial charge in [0.1, 0.15) is 11.5 Å². The molecule has 2 N–H and O–H groups in total. The number of carbonyl (C=O) groups is 2. The summed E-state index contributed by atoms with van der Waals surface area (Å²) in [6, 6.07) is 2.19. The Bertz CT molecular complexity index is 748. The van der Waals surface area contributed by atoms with E-state index in [2.05, 4.69) is 10.3 Å². The Morgan fingerprint density at radius 2 is 2.09 bits per heavy atom. The number of thiazole rings is 1. The van der Waals surface area contributed by atoms with Crippen LogP contribution in [0.4, 0.5) is 4.39 Å². The van der Waals surface area contributed by atoms with Crippen molar-refractivity contribution in [3.05, 3.63) is 50.7 Å². The van der Waals surface area contributed by atoms with E-state index in [4.69, 9.17) is 11.6 Å². The monoisotopic (exact) mass is 356 g/mol. The predicted octanol–water partition coefficient (Wildman–Crippen LogP) is 3.61. The van der Waals surface area contributed by atoms with Crippen molar-refractivity contribution in [2.45, 2.75) is 25.8 Å². The van der Waals surface area contributed by atoms with Gasteiger partial charge in [0.2, 0.25) is 0 Å². The number of nitrogens with zero attached hydrogens (tertiary/aromatic N) is 1. The van der Waals surface area contributed by atoms with Crippen molar-refractivity contribution >= 4 is 34.8 Å². The van der Waals surface area contributed by atoms with Crippen LogP contribution in [0.2, 0.25) is 5.02 Å². The zero-order valence-corrected chi connectivity index (χ0v) is 13.9. The van der Waals surface area contributed by atoms with Gasteiger partial charge in [-0.1, -0.05) is 31.5 Å². The summed E-state index contributed by atoms with van der Waals surface area (Å²) < 4.78 is 13.5. The van der Waals surface area contributed by atoms with Gasteiger partial charge in [-0.05, 0) is 17.7 Å². The van der Waals surface area contributed by atoms with Gasteiger partial charge in [0, 0.05) is 11.3 Å². The lowest BCUT2D eigenvalue weighted by Crippen LogP contribution is -2.34. The van der Waals surface area contributed by atoms with Crippen molar-refractivity contribution in [2.24, 2.45) is 0 Å². The molecule has 0 saturated heterocycles. The van der Waals surface area contributed by atoms with Crippen LogP contribution in [0, 0.1) is 5.82 Å². The summed E-state index contributed by atoms with van der Waals surface area (Å²) >= 11 is 6.91. The van der Waals surface area contributed by atoms with E-state index < -0.39 is 23.7 Å². The molecule has 0 fully saturated rings. The second kappa shape index (κ2) is 7.06. The topological polar surface area (TPSA) is 79.3 Å². The molecule has 1 unspecified atom stereocenters. The van der Waals surface area contributed by atoms with Crippen LogP contribution < -0.4 is 5.32 Å². The standard InChI is InChI=1S/C15H14ClFN2O3S/c1-7(2)14-18-11(6-23-14)13(20)19-12(15(21)22)8-3-4-9(16)10(17)5-8/h3-7,12H,1-2H3,(H,19,20)(H,21,22). The van der Waals surface area contributed by atoms with Gasteiger partial charge < -0.3 is 10.4 Å². The molecule has 0 spiro atoms. The number of carbonyl (C=O) groups excluding carboxylic acids is 1. The molecule has 1 aromatic carbocycles. The molecule has 8 heteroatoms. The zero-order chi connectivity index (χ0) is 17.1. The molecule has 23 heavy (non-hydrogen) atoms. The third-order valence-electron chi connectivity index (χ3n) is 3.05. The number of nitrogens with one attached hydrogen (secondary N) is 1. The molecule has 0 radical (unpaired) electrons. The van der Waals surface area contributed by atoms with Gasteiger partial charge in [-0.25, -0.2) is 14.2 Å². The van der Waals surface area contributed by atoms with Gasteiger partial charge in [0.05, 0.1) is 10.0 Å². The first-order valence-corrected chi connectivity index (χ1v) is 7.99. The van der Waals surface area contributed by atoms with Crippen molar-refractivity contribution in [1.29, 1.82) is 0 Å². The molecule has 2 aromatic rings. The molecule has 0 aliphatic rings. The van der Waals surface area contributed by atoms with Crippen LogP contribution in [0.15, 0.2) is 23.6 Å². The summed E-state index contributed by atoms with van der Waals surface area (Å²) in [7, 11) is 0. The number of amides is 1. The fraction of sp³-hybridized carbons (Fsp3) is 0.267. The normalized spacial score (nSPS) is 12.2. The third kappa shape index (κ3) is 4.05. The number of hydrogen-bond acceptors (Lipinski definition) is 4. The SMILES string of the molecule is CC(C)c1nc(C(=O)NC(C(=O)O)c2ccc(Cl)c(F)c2)cs1. The Kier molecular flexibility index (Phi) is 5.33. The number of benzene rings is 1. The molecule has 1 heterocycles. The van der Waals surface area contributed by atoms with Crippen molar-refractivity contribution < 1.29 is 19.1 Å². The first-order chi connectivity index (χ1) is 10.8. The molecular formula is C15H14ClFN2O3S. The van der Waals surface area contributed by atoms with Crippen molar-refractivity contribution in [3.8, 4) is 0 Å². The Hall–Kier alpha value is -1.99. The van der Waals surface area contributed by atoms with Crippen LogP contribution in [0.25, 0.3) is 0 Å². The summed E-state index contributed by atoms with van der Waals surface area (Å²) in [4.78, 5) is 27.7. The minimum Gasteiger partial charge on any atom is -0.479 e. The molecule has 0 bridgehead atoms. The Balaban J connectivity index is 2.23. The van der Waals surface area contributed by atoms with Crippen LogP contribution in [0.3, 0.4) is 0 Å². The van der Waals surface area contributed by atoms with E-state index in [0.717, 1.165) is 11.1 Å². The molecule has 1 atom stereocenters. The number of carboxylic acids is 1. The van der Waals surface area contributed by atoms with E-state index in [0.29, 0.717) is 0 Å². The number of aliphatic carboxylic acids is 1. The maximum Gasteiger partial charge on any atom is 0.330 e. The van der Waals surface area contributed by atoms with Crippen LogP contribution in [-0.4, -0.2) is 22.0 Å². The average molecular weight is 357 g/mol. The van der Waals surface area contributed by atoms with Crippen molar-refractivity contribution in [1.82, 2.24) is 10.3 Å². The Morgan fingerprint density at radius 1 is 1.39 bits per heavy atom. The molecule has 0 aliphatic heterocycles. The molecule has 0 saturated carbocycles. The maximum absolute atomic E-state index is 13.5. The van der Waals surface area contributed by atoms with E-state index in [-0.39, 0.29) is 22.2 Å². The maximum atomic E-state index is 13.5. The van der Waals surface area contributed by atoms with E-state index in [9.17, 15) is 19.1 Å². The number of carboxylic acid groups (broad SMARTS) is 1. The highest BCUT2D eigenvalue weighted by Crippen LogP contribution is 2.22. The minimum atomic E-state index is -1.39. The molecule has 5 nitrogen and oxygen atoms in total. The lowest BCUT2D eigenvalue weighted by atomic mass is 10.1. The zero-order valence-electron chi connectivity index (χ0n) is 12.3. The van der Waals surface area contributed by atoms with Gasteiger partial charge in [-0.15, -0.1) is 11.3 Å². The number of rotatable bonds is 5. The summed E-state index contributed by atoms with van der Waals surface area (Å²) in [6.07, 6.45) is 0. The van der Waals surface area contributed by atoms with Crippen LogP contribution in [0.1, 0.15) is 46.9 Å². The first-order valence-electron chi connectivity index (χ1n) is 6.73. The van der Waals surface area contributed by atoms with Gasteiger partial charge >= 0.3 is 5.97 Å². The molecular weight excluding hydrogens is 343 g/mol. The first kappa shape index (κ1) is 17.4. The largest absolute Gasteiger partial charge is 0.479 e. The van der Waals surface area contributed by atoms with Gasteiger partial charge in [0.25, 0.3) is 5.91 Å². The molecule has 1 amide bonds. The Labute approximate surface area is 141 Å². The number of hydrogen-bond donors (Lipinski definition) is 2. The summed E-state index contributed by atoms with van der Waals surface area (Å²) in [5.41, 5.74) is 0.228. The summed E-state index contributed by atoms with van der Waals surface area (Å²) in [6.45, 7) is 3.88. The highest BCUT2D eigenvalue weighted by molar-refractivity contribution is 7.09. The highest BCUT2D eigenvalue weighted by atomic mass is 35.5. The van der Waals surface area contributed by atoms with Crippen LogP contribution in [-0.2, 0) is 4.79 Å². The smallest absolute Gasteiger partial charge is 0.330 e. The summed E-state index contributed by atoms with van der Waals surface area (Å²) in [5, 5.41) is 13.9. The fourth-order valence-corrected chi connectivity index (χ4v) is 2.77. The number of aromatic nitrogens is 1. The molecule has 0 aliphatic carbocycles. The third-order valence-corrected chi connectivity index (χ3v) is 4.50. The number of halogens is 2. The van der Waals surface area contributed by atoms with Gasteiger partial charge in [-0.2, -0.15) is 0 Å². The predicted molar refractivity (Wildman–Crippen MR) is 85.5 cm³/mol. The van der Waals surface area contributed by atoms with Gasteiger partial charge in [-0.3, -0.25) is 4.79 Å². The quantitative estimate of drug-likeness (QED) is 0.857. The van der Waals surface area contributed by atoms with E-state index >= 15 is 0 Å². The lowest BCUT2D eigenvalue weighted by molar-refractivity contribution is -0.139. The summed E-state index contributed by atoms with van der Waals surface area (Å²) in [5.74, 6) is -2.52. The minimum absolute atomic E-state index is 0.0899. The second-order valence-corrected chi connectivity index (χ2v) is 6.44. The average Bonchev–Trinajstić information content (AvgIpc) is 2.97. The van der Waals surface area contributed by atoms with E-state index in [1.54, 1.807) is 5.38 Å².